The van der Waals surface area contributed by atoms with E-state index in [2.05, 4.69) is 9.97 Å². The van der Waals surface area contributed by atoms with Crippen LogP contribution in [0.3, 0.4) is 0 Å². The van der Waals surface area contributed by atoms with E-state index < -0.39 is 0 Å². The maximum Gasteiger partial charge on any atom is 0.125 e. The van der Waals surface area contributed by atoms with E-state index in [1.54, 1.807) is 0 Å². The Kier molecular flexibility index (Phi) is 3.25. The van der Waals surface area contributed by atoms with Crippen LogP contribution >= 0.6 is 0 Å². The van der Waals surface area contributed by atoms with E-state index in [9.17, 15) is 4.39 Å². The van der Waals surface area contributed by atoms with Crippen molar-refractivity contribution < 1.29 is 4.39 Å². The molecule has 1 aromatic carbocycles. The van der Waals surface area contributed by atoms with Crippen LogP contribution in [0.25, 0.3) is 0 Å². The van der Waals surface area contributed by atoms with Gasteiger partial charge >= 0.3 is 0 Å². The van der Waals surface area contributed by atoms with Gasteiger partial charge in [-0.05, 0) is 43.0 Å². The van der Waals surface area contributed by atoms with E-state index in [1.807, 2.05) is 31.5 Å². The molecule has 0 aliphatic heterocycles. The normalized spacial score (nSPS) is 10.4. The first kappa shape index (κ1) is 10.7. The van der Waals surface area contributed by atoms with Gasteiger partial charge in [0, 0.05) is 12.4 Å². The Labute approximate surface area is 94.2 Å². The molecule has 0 spiro atoms. The van der Waals surface area contributed by atoms with Gasteiger partial charge in [-0.2, -0.15) is 0 Å². The van der Waals surface area contributed by atoms with Gasteiger partial charge in [-0.1, -0.05) is 12.1 Å². The second-order valence-electron chi connectivity index (χ2n) is 3.76. The molecule has 82 valence electrons. The summed E-state index contributed by atoms with van der Waals surface area (Å²) in [5.41, 5.74) is 2.23. The summed E-state index contributed by atoms with van der Waals surface area (Å²) in [6, 6.07) is 6.59. The molecule has 0 saturated carbocycles. The van der Waals surface area contributed by atoms with Crippen LogP contribution in [0.15, 0.2) is 36.7 Å². The van der Waals surface area contributed by atoms with E-state index in [1.165, 1.54) is 12.1 Å². The van der Waals surface area contributed by atoms with Crippen molar-refractivity contribution in [2.75, 3.05) is 0 Å². The highest BCUT2D eigenvalue weighted by Gasteiger charge is 1.97. The molecule has 0 aliphatic carbocycles. The maximum absolute atomic E-state index is 12.7. The first-order chi connectivity index (χ1) is 7.74. The fourth-order valence-electron chi connectivity index (χ4n) is 1.49. The predicted molar refractivity (Wildman–Crippen MR) is 60.6 cm³/mol. The van der Waals surface area contributed by atoms with Gasteiger partial charge < -0.3 is 0 Å². The molecule has 1 aromatic heterocycles. The van der Waals surface area contributed by atoms with Gasteiger partial charge in [0.2, 0.25) is 0 Å². The molecule has 3 heteroatoms. The lowest BCUT2D eigenvalue weighted by Crippen LogP contribution is -1.95. The highest BCUT2D eigenvalue weighted by molar-refractivity contribution is 5.18. The van der Waals surface area contributed by atoms with Crippen molar-refractivity contribution in [3.8, 4) is 0 Å². The predicted octanol–water partition coefficient (Wildman–Crippen LogP) is 2.71. The van der Waals surface area contributed by atoms with Crippen molar-refractivity contribution in [1.29, 1.82) is 0 Å². The standard InChI is InChI=1S/C13H13FN2/c1-10-15-8-12(9-16-10)3-2-11-4-6-13(14)7-5-11/h4-9H,2-3H2,1H3. The van der Waals surface area contributed by atoms with Crippen molar-refractivity contribution in [3.63, 3.8) is 0 Å². The smallest absolute Gasteiger partial charge is 0.125 e. The van der Waals surface area contributed by atoms with Crippen molar-refractivity contribution in [1.82, 2.24) is 9.97 Å². The highest BCUT2D eigenvalue weighted by atomic mass is 19.1. The van der Waals surface area contributed by atoms with Gasteiger partial charge in [-0.15, -0.1) is 0 Å². The van der Waals surface area contributed by atoms with Gasteiger partial charge in [0.25, 0.3) is 0 Å². The molecule has 2 nitrogen and oxygen atoms in total. The third-order valence-corrected chi connectivity index (χ3v) is 2.45. The number of aryl methyl sites for hydroxylation is 3. The first-order valence-corrected chi connectivity index (χ1v) is 5.26. The molecule has 0 aliphatic rings. The summed E-state index contributed by atoms with van der Waals surface area (Å²) in [6.07, 6.45) is 5.44. The molecule has 0 amide bonds. The van der Waals surface area contributed by atoms with E-state index in [4.69, 9.17) is 0 Å². The molecule has 0 radical (unpaired) electrons. The van der Waals surface area contributed by atoms with Crippen molar-refractivity contribution in [2.24, 2.45) is 0 Å². The van der Waals surface area contributed by atoms with Crippen LogP contribution in [0.2, 0.25) is 0 Å². The molecule has 0 saturated heterocycles. The molecule has 0 fully saturated rings. The summed E-state index contributed by atoms with van der Waals surface area (Å²) in [6.45, 7) is 1.86. The van der Waals surface area contributed by atoms with Crippen LogP contribution in [0.4, 0.5) is 4.39 Å². The fourth-order valence-corrected chi connectivity index (χ4v) is 1.49. The topological polar surface area (TPSA) is 25.8 Å². The minimum Gasteiger partial charge on any atom is -0.241 e. The Morgan fingerprint density at radius 1 is 0.938 bits per heavy atom. The van der Waals surface area contributed by atoms with Gasteiger partial charge in [-0.25, -0.2) is 14.4 Å². The Bertz CT molecular complexity index is 403. The summed E-state index contributed by atoms with van der Waals surface area (Å²) in [5.74, 6) is 0.591. The van der Waals surface area contributed by atoms with Gasteiger partial charge in [0.1, 0.15) is 11.6 Å². The molecular formula is C13H13FN2. The Morgan fingerprint density at radius 3 is 2.12 bits per heavy atom. The lowest BCUT2D eigenvalue weighted by molar-refractivity contribution is 0.627. The summed E-state index contributed by atoms with van der Waals surface area (Å²) >= 11 is 0. The summed E-state index contributed by atoms with van der Waals surface area (Å²) in [5, 5.41) is 0. The molecule has 16 heavy (non-hydrogen) atoms. The second-order valence-corrected chi connectivity index (χ2v) is 3.76. The minimum absolute atomic E-state index is 0.192. The van der Waals surface area contributed by atoms with Crippen molar-refractivity contribution in [2.45, 2.75) is 19.8 Å². The second kappa shape index (κ2) is 4.84. The molecular weight excluding hydrogens is 203 g/mol. The Balaban J connectivity index is 1.97. The number of rotatable bonds is 3. The molecule has 0 bridgehead atoms. The zero-order valence-corrected chi connectivity index (χ0v) is 9.15. The quantitative estimate of drug-likeness (QED) is 0.788. The average molecular weight is 216 g/mol. The number of aromatic nitrogens is 2. The molecule has 0 N–H and O–H groups in total. The van der Waals surface area contributed by atoms with Gasteiger partial charge in [0.15, 0.2) is 0 Å². The highest BCUT2D eigenvalue weighted by Crippen LogP contribution is 2.07. The summed E-state index contributed by atoms with van der Waals surface area (Å²) in [7, 11) is 0. The summed E-state index contributed by atoms with van der Waals surface area (Å²) in [4.78, 5) is 8.27. The van der Waals surface area contributed by atoms with Crippen LogP contribution in [-0.2, 0) is 12.8 Å². The van der Waals surface area contributed by atoms with E-state index in [0.717, 1.165) is 29.8 Å². The van der Waals surface area contributed by atoms with Crippen LogP contribution in [0.5, 0.6) is 0 Å². The Hall–Kier alpha value is -1.77. The third-order valence-electron chi connectivity index (χ3n) is 2.45. The zero-order valence-electron chi connectivity index (χ0n) is 9.15. The lowest BCUT2D eigenvalue weighted by atomic mass is 10.1. The molecule has 0 unspecified atom stereocenters. The van der Waals surface area contributed by atoms with E-state index in [-0.39, 0.29) is 5.82 Å². The zero-order chi connectivity index (χ0) is 11.4. The van der Waals surface area contributed by atoms with Crippen molar-refractivity contribution in [3.05, 3.63) is 59.4 Å². The fraction of sp³-hybridized carbons (Fsp3) is 0.231. The molecule has 2 aromatic rings. The largest absolute Gasteiger partial charge is 0.241 e. The molecule has 1 heterocycles. The van der Waals surface area contributed by atoms with Crippen molar-refractivity contribution >= 4 is 0 Å². The van der Waals surface area contributed by atoms with Crippen LogP contribution in [0.1, 0.15) is 17.0 Å². The summed E-state index contributed by atoms with van der Waals surface area (Å²) < 4.78 is 12.7. The number of halogens is 1. The number of nitrogens with zero attached hydrogens (tertiary/aromatic N) is 2. The van der Waals surface area contributed by atoms with Crippen LogP contribution in [0, 0.1) is 12.7 Å². The SMILES string of the molecule is Cc1ncc(CCc2ccc(F)cc2)cn1. The van der Waals surface area contributed by atoms with Gasteiger partial charge in [0.05, 0.1) is 0 Å². The lowest BCUT2D eigenvalue weighted by Gasteiger charge is -2.01. The maximum atomic E-state index is 12.7. The van der Waals surface area contributed by atoms with E-state index >= 15 is 0 Å². The molecule has 2 rings (SSSR count). The molecule has 0 atom stereocenters. The Morgan fingerprint density at radius 2 is 1.50 bits per heavy atom. The third kappa shape index (κ3) is 2.86. The number of hydrogen-bond donors (Lipinski definition) is 0. The minimum atomic E-state index is -0.192. The average Bonchev–Trinajstić information content (AvgIpc) is 2.30. The number of benzene rings is 1. The van der Waals surface area contributed by atoms with E-state index in [0.29, 0.717) is 0 Å². The van der Waals surface area contributed by atoms with Gasteiger partial charge in [-0.3, -0.25) is 0 Å². The van der Waals surface area contributed by atoms with Crippen LogP contribution < -0.4 is 0 Å². The number of hydrogen-bond acceptors (Lipinski definition) is 2. The monoisotopic (exact) mass is 216 g/mol. The first-order valence-electron chi connectivity index (χ1n) is 5.26. The van der Waals surface area contributed by atoms with Crippen LogP contribution in [-0.4, -0.2) is 9.97 Å².